The molecule has 1 N–H and O–H groups in total. The van der Waals surface area contributed by atoms with E-state index in [0.717, 1.165) is 36.8 Å². The van der Waals surface area contributed by atoms with Crippen molar-refractivity contribution in [3.63, 3.8) is 0 Å². The van der Waals surface area contributed by atoms with Gasteiger partial charge in [0, 0.05) is 18.3 Å². The summed E-state index contributed by atoms with van der Waals surface area (Å²) in [5.74, 6) is 2.48. The number of carbonyl (C=O) groups is 1. The maximum Gasteiger partial charge on any atom is 0.226 e. The van der Waals surface area contributed by atoms with Gasteiger partial charge in [0.15, 0.2) is 16.6 Å². The Morgan fingerprint density at radius 2 is 1.83 bits per heavy atom. The minimum absolute atomic E-state index is 0.0588. The minimum atomic E-state index is -0.0588. The fourth-order valence-electron chi connectivity index (χ4n) is 3.61. The average Bonchev–Trinajstić information content (AvgIpc) is 3.19. The van der Waals surface area contributed by atoms with Gasteiger partial charge >= 0.3 is 0 Å². The summed E-state index contributed by atoms with van der Waals surface area (Å²) < 4.78 is 16.1. The molecule has 1 aromatic heterocycles. The summed E-state index contributed by atoms with van der Waals surface area (Å²) in [4.78, 5) is 19.4. The molecule has 1 fully saturated rings. The number of anilines is 1. The summed E-state index contributed by atoms with van der Waals surface area (Å²) in [6.45, 7) is 5.40. The zero-order valence-corrected chi connectivity index (χ0v) is 19.0. The molecule has 1 saturated heterocycles. The van der Waals surface area contributed by atoms with E-state index in [2.05, 4.69) is 22.1 Å². The smallest absolute Gasteiger partial charge is 0.226 e. The first kappa shape index (κ1) is 22.4. The fraction of sp³-hybridized carbons (Fsp3) is 0.545. The fourth-order valence-corrected chi connectivity index (χ4v) is 4.32. The molecular formula is C22H31N3O4S. The molecule has 7 nitrogen and oxygen atoms in total. The number of hydrogen-bond donors (Lipinski definition) is 1. The number of methoxy groups -OCH3 is 3. The second-order valence-corrected chi connectivity index (χ2v) is 8.54. The molecule has 0 aliphatic carbocycles. The van der Waals surface area contributed by atoms with Crippen molar-refractivity contribution < 1.29 is 19.0 Å². The molecule has 0 saturated carbocycles. The van der Waals surface area contributed by atoms with Crippen molar-refractivity contribution in [2.75, 3.05) is 39.7 Å². The Kier molecular flexibility index (Phi) is 7.93. The van der Waals surface area contributed by atoms with Gasteiger partial charge in [-0.2, -0.15) is 0 Å². The van der Waals surface area contributed by atoms with Gasteiger partial charge in [0.2, 0.25) is 11.7 Å². The second kappa shape index (κ2) is 10.6. The molecule has 8 heteroatoms. The van der Waals surface area contributed by atoms with Gasteiger partial charge in [-0.15, -0.1) is 11.3 Å². The molecule has 3 rings (SSSR count). The lowest BCUT2D eigenvalue weighted by Gasteiger charge is -2.29. The predicted octanol–water partition coefficient (Wildman–Crippen LogP) is 3.97. The van der Waals surface area contributed by atoms with E-state index in [-0.39, 0.29) is 5.91 Å². The van der Waals surface area contributed by atoms with Crippen molar-refractivity contribution in [3.8, 4) is 17.2 Å². The van der Waals surface area contributed by atoms with E-state index < -0.39 is 0 Å². The Morgan fingerprint density at radius 3 is 2.43 bits per heavy atom. The summed E-state index contributed by atoms with van der Waals surface area (Å²) in [7, 11) is 4.73. The Labute approximate surface area is 182 Å². The molecule has 1 aromatic carbocycles. The summed E-state index contributed by atoms with van der Waals surface area (Å²) in [5.41, 5.74) is 1.97. The first-order valence-electron chi connectivity index (χ1n) is 10.3. The second-order valence-electron chi connectivity index (χ2n) is 7.68. The molecule has 30 heavy (non-hydrogen) atoms. The maximum atomic E-state index is 12.4. The number of thiazole rings is 1. The van der Waals surface area contributed by atoms with Crippen LogP contribution in [-0.2, 0) is 17.8 Å². The van der Waals surface area contributed by atoms with Crippen molar-refractivity contribution in [2.45, 2.75) is 39.2 Å². The highest BCUT2D eigenvalue weighted by Crippen LogP contribution is 2.38. The third-order valence-electron chi connectivity index (χ3n) is 5.43. The largest absolute Gasteiger partial charge is 0.493 e. The summed E-state index contributed by atoms with van der Waals surface area (Å²) >= 11 is 1.48. The standard InChI is InChI=1S/C22H31N3O4S/c1-15-7-9-25(10-8-15)13-17-14-30-22(23-17)24-20(26)6-5-16-11-18(27-2)21(29-4)19(12-16)28-3/h11-12,14-15H,5-10,13H2,1-4H3,(H,23,24,26). The zero-order valence-electron chi connectivity index (χ0n) is 18.2. The van der Waals surface area contributed by atoms with Gasteiger partial charge in [-0.1, -0.05) is 6.92 Å². The van der Waals surface area contributed by atoms with Crippen molar-refractivity contribution in [3.05, 3.63) is 28.8 Å². The van der Waals surface area contributed by atoms with Crippen LogP contribution in [0.3, 0.4) is 0 Å². The average molecular weight is 434 g/mol. The lowest BCUT2D eigenvalue weighted by Crippen LogP contribution is -2.32. The summed E-state index contributed by atoms with van der Waals surface area (Å²) in [6.07, 6.45) is 3.40. The van der Waals surface area contributed by atoms with Crippen LogP contribution in [0.15, 0.2) is 17.5 Å². The van der Waals surface area contributed by atoms with Crippen LogP contribution in [0.25, 0.3) is 0 Å². The number of nitrogens with one attached hydrogen (secondary N) is 1. The molecular weight excluding hydrogens is 402 g/mol. The Hall–Kier alpha value is -2.32. The third-order valence-corrected chi connectivity index (χ3v) is 6.23. The topological polar surface area (TPSA) is 72.9 Å². The first-order chi connectivity index (χ1) is 14.5. The first-order valence-corrected chi connectivity index (χ1v) is 11.2. The van der Waals surface area contributed by atoms with Gasteiger partial charge in [-0.25, -0.2) is 4.98 Å². The van der Waals surface area contributed by atoms with E-state index in [1.54, 1.807) is 21.3 Å². The predicted molar refractivity (Wildman–Crippen MR) is 119 cm³/mol. The molecule has 164 valence electrons. The number of carbonyl (C=O) groups excluding carboxylic acids is 1. The number of piperidine rings is 1. The molecule has 2 aromatic rings. The van der Waals surface area contributed by atoms with Crippen LogP contribution < -0.4 is 19.5 Å². The zero-order chi connectivity index (χ0) is 21.5. The van der Waals surface area contributed by atoms with E-state index >= 15 is 0 Å². The van der Waals surface area contributed by atoms with Gasteiger partial charge in [0.25, 0.3) is 0 Å². The number of nitrogens with zero attached hydrogens (tertiary/aromatic N) is 2. The van der Waals surface area contributed by atoms with E-state index in [4.69, 9.17) is 14.2 Å². The van der Waals surface area contributed by atoms with E-state index in [1.165, 1.54) is 24.2 Å². The number of hydrogen-bond acceptors (Lipinski definition) is 7. The van der Waals surface area contributed by atoms with Crippen LogP contribution in [0, 0.1) is 5.92 Å². The quantitative estimate of drug-likeness (QED) is 0.645. The number of rotatable bonds is 9. The van der Waals surface area contributed by atoms with Crippen LogP contribution in [0.2, 0.25) is 0 Å². The molecule has 0 radical (unpaired) electrons. The number of benzene rings is 1. The summed E-state index contributed by atoms with van der Waals surface area (Å²) in [6, 6.07) is 3.74. The van der Waals surface area contributed by atoms with Crippen LogP contribution >= 0.6 is 11.3 Å². The van der Waals surface area contributed by atoms with Gasteiger partial charge in [0.05, 0.1) is 27.0 Å². The number of likely N-dealkylation sites (tertiary alicyclic amines) is 1. The van der Waals surface area contributed by atoms with E-state index in [0.29, 0.717) is 35.2 Å². The van der Waals surface area contributed by atoms with Crippen LogP contribution in [0.1, 0.15) is 37.4 Å². The Morgan fingerprint density at radius 1 is 1.17 bits per heavy atom. The van der Waals surface area contributed by atoms with Crippen LogP contribution in [0.4, 0.5) is 5.13 Å². The molecule has 2 heterocycles. The van der Waals surface area contributed by atoms with Crippen molar-refractivity contribution >= 4 is 22.4 Å². The maximum absolute atomic E-state index is 12.4. The number of aryl methyl sites for hydroxylation is 1. The minimum Gasteiger partial charge on any atom is -0.493 e. The van der Waals surface area contributed by atoms with Gasteiger partial charge in [0.1, 0.15) is 0 Å². The van der Waals surface area contributed by atoms with E-state index in [1.807, 2.05) is 17.5 Å². The highest BCUT2D eigenvalue weighted by molar-refractivity contribution is 7.13. The van der Waals surface area contributed by atoms with Gasteiger partial charge in [-0.05, 0) is 56.0 Å². The lowest BCUT2D eigenvalue weighted by molar-refractivity contribution is -0.116. The molecule has 1 aliphatic rings. The third kappa shape index (κ3) is 5.86. The Balaban J connectivity index is 1.52. The molecule has 0 atom stereocenters. The van der Waals surface area contributed by atoms with Gasteiger partial charge in [-0.3, -0.25) is 9.69 Å². The summed E-state index contributed by atoms with van der Waals surface area (Å²) in [5, 5.41) is 5.61. The van der Waals surface area contributed by atoms with Crippen LogP contribution in [0.5, 0.6) is 17.2 Å². The Bertz CT molecular complexity index is 822. The normalized spacial score (nSPS) is 15.1. The SMILES string of the molecule is COc1cc(CCC(=O)Nc2nc(CN3CCC(C)CC3)cs2)cc(OC)c1OC. The highest BCUT2D eigenvalue weighted by atomic mass is 32.1. The highest BCUT2D eigenvalue weighted by Gasteiger charge is 2.17. The van der Waals surface area contributed by atoms with E-state index in [9.17, 15) is 4.79 Å². The monoisotopic (exact) mass is 433 g/mol. The van der Waals surface area contributed by atoms with Crippen molar-refractivity contribution in [1.29, 1.82) is 0 Å². The van der Waals surface area contributed by atoms with Gasteiger partial charge < -0.3 is 19.5 Å². The molecule has 1 amide bonds. The van der Waals surface area contributed by atoms with Crippen molar-refractivity contribution in [2.24, 2.45) is 5.92 Å². The van der Waals surface area contributed by atoms with Crippen molar-refractivity contribution in [1.82, 2.24) is 9.88 Å². The number of aromatic nitrogens is 1. The lowest BCUT2D eigenvalue weighted by atomic mass is 9.99. The van der Waals surface area contributed by atoms with Crippen LogP contribution in [-0.4, -0.2) is 50.2 Å². The molecule has 0 unspecified atom stereocenters. The molecule has 0 spiro atoms. The molecule has 1 aliphatic heterocycles. The molecule has 0 bridgehead atoms. The number of ether oxygens (including phenoxy) is 3. The number of amides is 1.